The average Bonchev–Trinajstić information content (AvgIpc) is 3.14. The van der Waals surface area contributed by atoms with E-state index in [-0.39, 0.29) is 38.6 Å². The van der Waals surface area contributed by atoms with Crippen LogP contribution in [-0.2, 0) is 10.0 Å². The van der Waals surface area contributed by atoms with Gasteiger partial charge < -0.3 is 5.32 Å². The third kappa shape index (κ3) is 4.63. The van der Waals surface area contributed by atoms with Crippen molar-refractivity contribution >= 4 is 56.4 Å². The Morgan fingerprint density at radius 3 is 2.49 bits per heavy atom. The fourth-order valence-electron chi connectivity index (χ4n) is 5.14. The lowest BCUT2D eigenvalue weighted by Crippen LogP contribution is -2.31. The van der Waals surface area contributed by atoms with Gasteiger partial charge in [-0.05, 0) is 59.9 Å². The first-order valence-electron chi connectivity index (χ1n) is 10.9. The van der Waals surface area contributed by atoms with Gasteiger partial charge in [0, 0.05) is 27.9 Å². The molecule has 1 aliphatic heterocycles. The Labute approximate surface area is 217 Å². The fourth-order valence-corrected chi connectivity index (χ4v) is 7.76. The lowest BCUT2D eigenvalue weighted by Gasteiger charge is -2.38. The van der Waals surface area contributed by atoms with Crippen LogP contribution in [0.25, 0.3) is 0 Å². The van der Waals surface area contributed by atoms with E-state index in [1.807, 2.05) is 24.3 Å². The van der Waals surface area contributed by atoms with E-state index in [2.05, 4.69) is 5.32 Å². The maximum absolute atomic E-state index is 12.1. The molecule has 5 rings (SSSR count). The summed E-state index contributed by atoms with van der Waals surface area (Å²) in [5, 5.41) is 20.6. The van der Waals surface area contributed by atoms with Gasteiger partial charge in [-0.25, -0.2) is 13.6 Å². The van der Waals surface area contributed by atoms with Crippen LogP contribution in [0.3, 0.4) is 0 Å². The first-order valence-corrected chi connectivity index (χ1v) is 14.1. The van der Waals surface area contributed by atoms with Crippen molar-refractivity contribution in [1.82, 2.24) is 0 Å². The van der Waals surface area contributed by atoms with Gasteiger partial charge in [0.05, 0.1) is 26.1 Å². The number of nitrogens with two attached hydrogens (primary N) is 1. The Kier molecular flexibility index (Phi) is 6.48. The van der Waals surface area contributed by atoms with Crippen molar-refractivity contribution in [2.75, 3.05) is 5.32 Å². The van der Waals surface area contributed by atoms with E-state index in [1.54, 1.807) is 30.3 Å². The third-order valence-electron chi connectivity index (χ3n) is 6.68. The Morgan fingerprint density at radius 1 is 1.09 bits per heavy atom. The van der Waals surface area contributed by atoms with Gasteiger partial charge in [0.15, 0.2) is 0 Å². The number of anilines is 1. The second kappa shape index (κ2) is 9.29. The Hall–Kier alpha value is -2.30. The summed E-state index contributed by atoms with van der Waals surface area (Å²) in [5.74, 6) is -0.169. The second-order valence-corrected chi connectivity index (χ2v) is 12.5. The normalized spacial score (nSPS) is 25.4. The maximum atomic E-state index is 12.1. The monoisotopic (exact) mass is 549 g/mol. The summed E-state index contributed by atoms with van der Waals surface area (Å²) in [6.45, 7) is 0. The molecule has 11 heteroatoms. The summed E-state index contributed by atoms with van der Waals surface area (Å²) in [6, 6.07) is 18.9. The zero-order valence-electron chi connectivity index (χ0n) is 18.2. The number of nitro groups is 1. The molecule has 1 saturated carbocycles. The highest BCUT2D eigenvalue weighted by atomic mass is 35.5. The highest BCUT2D eigenvalue weighted by Gasteiger charge is 2.50. The van der Waals surface area contributed by atoms with Crippen molar-refractivity contribution in [3.63, 3.8) is 0 Å². The Morgan fingerprint density at radius 2 is 1.80 bits per heavy atom. The van der Waals surface area contributed by atoms with Crippen LogP contribution in [0, 0.1) is 16.0 Å². The van der Waals surface area contributed by atoms with E-state index in [0.717, 1.165) is 16.8 Å². The first-order chi connectivity index (χ1) is 16.6. The van der Waals surface area contributed by atoms with E-state index in [4.69, 9.17) is 28.3 Å². The van der Waals surface area contributed by atoms with E-state index >= 15 is 0 Å². The van der Waals surface area contributed by atoms with Crippen LogP contribution in [0.4, 0.5) is 11.4 Å². The van der Waals surface area contributed by atoms with Gasteiger partial charge in [0.2, 0.25) is 10.0 Å². The van der Waals surface area contributed by atoms with Crippen LogP contribution >= 0.6 is 35.0 Å². The minimum Gasteiger partial charge on any atom is -0.378 e. The number of halogens is 2. The number of thioether (sulfide) groups is 1. The average molecular weight is 550 g/mol. The molecule has 0 bridgehead atoms. The number of nitrogens with zero attached hydrogens (tertiary/aromatic N) is 1. The number of benzene rings is 3. The van der Waals surface area contributed by atoms with Crippen molar-refractivity contribution in [3.8, 4) is 0 Å². The topological polar surface area (TPSA) is 115 Å². The van der Waals surface area contributed by atoms with Crippen LogP contribution < -0.4 is 10.5 Å². The molecule has 1 fully saturated rings. The fraction of sp³-hybridized carbons (Fsp3) is 0.250. The van der Waals surface area contributed by atoms with Crippen LogP contribution in [0.15, 0.2) is 76.5 Å². The summed E-state index contributed by atoms with van der Waals surface area (Å²) in [6.07, 6.45) is 0.675. The van der Waals surface area contributed by atoms with Crippen LogP contribution in [0.2, 0.25) is 5.02 Å². The van der Waals surface area contributed by atoms with Gasteiger partial charge in [-0.1, -0.05) is 35.9 Å². The van der Waals surface area contributed by atoms with Crippen molar-refractivity contribution in [2.24, 2.45) is 11.1 Å². The van der Waals surface area contributed by atoms with Gasteiger partial charge in [-0.3, -0.25) is 10.1 Å². The Bertz CT molecular complexity index is 1400. The van der Waals surface area contributed by atoms with Gasteiger partial charge >= 0.3 is 0 Å². The summed E-state index contributed by atoms with van der Waals surface area (Å²) < 4.78 is 24.1. The van der Waals surface area contributed by atoms with E-state index in [1.165, 1.54) is 23.9 Å². The van der Waals surface area contributed by atoms with Gasteiger partial charge in [0.1, 0.15) is 0 Å². The molecule has 0 amide bonds. The number of nitrogens with one attached hydrogen (secondary N) is 1. The minimum absolute atomic E-state index is 0.0159. The lowest BCUT2D eigenvalue weighted by atomic mass is 9.77. The molecular weight excluding hydrogens is 529 g/mol. The predicted octanol–water partition coefficient (Wildman–Crippen LogP) is 5.93. The number of hydrogen-bond donors (Lipinski definition) is 2. The number of para-hydroxylation sites is 1. The molecule has 0 unspecified atom stereocenters. The standard InChI is InChI=1S/C24H21Cl2N3O4S2/c25-14-7-5-13(6-8-14)24-17-12-21(34-20-4-2-1-3-19(20)29(30)31)23(26)22(17)16-11-15(35(27,32)33)9-10-18(16)28-24/h1-11,17,21-24,28H,12H2,(H2,27,32,33)/t17-,21+,22-,23+,24-/m0/s1. The van der Waals surface area contributed by atoms with E-state index < -0.39 is 15.4 Å². The van der Waals surface area contributed by atoms with Crippen molar-refractivity contribution in [2.45, 2.75) is 38.8 Å². The summed E-state index contributed by atoms with van der Waals surface area (Å²) in [5.41, 5.74) is 2.66. The largest absolute Gasteiger partial charge is 0.378 e. The lowest BCUT2D eigenvalue weighted by molar-refractivity contribution is -0.387. The van der Waals surface area contributed by atoms with Gasteiger partial charge in [-0.15, -0.1) is 23.4 Å². The van der Waals surface area contributed by atoms with Gasteiger partial charge in [-0.2, -0.15) is 0 Å². The first kappa shape index (κ1) is 24.4. The molecule has 3 aromatic carbocycles. The molecule has 3 N–H and O–H groups in total. The molecule has 5 atom stereocenters. The van der Waals surface area contributed by atoms with Crippen LogP contribution in [0.1, 0.15) is 29.5 Å². The minimum atomic E-state index is -3.90. The number of primary sulfonamides is 1. The molecule has 182 valence electrons. The molecule has 35 heavy (non-hydrogen) atoms. The number of nitro benzene ring substituents is 1. The smallest absolute Gasteiger partial charge is 0.282 e. The SMILES string of the molecule is NS(=O)(=O)c1ccc2c(c1)[C@@H]1[C@H](Cl)[C@H](Sc3ccccc3[N+](=O)[O-])C[C@@H]1[C@H](c1ccc(Cl)cc1)N2. The van der Waals surface area contributed by atoms with E-state index in [9.17, 15) is 18.5 Å². The summed E-state index contributed by atoms with van der Waals surface area (Å²) >= 11 is 14.6. The number of fused-ring (bicyclic) bond motifs is 3. The van der Waals surface area contributed by atoms with Crippen molar-refractivity contribution in [1.29, 1.82) is 0 Å². The zero-order valence-corrected chi connectivity index (χ0v) is 21.3. The number of hydrogen-bond acceptors (Lipinski definition) is 6. The molecule has 2 aliphatic rings. The maximum Gasteiger partial charge on any atom is 0.282 e. The molecule has 7 nitrogen and oxygen atoms in total. The van der Waals surface area contributed by atoms with Crippen LogP contribution in [-0.4, -0.2) is 24.0 Å². The molecule has 0 aromatic heterocycles. The molecular formula is C24H21Cl2N3O4S2. The van der Waals surface area contributed by atoms with E-state index in [0.29, 0.717) is 16.3 Å². The second-order valence-electron chi connectivity index (χ2n) is 8.72. The summed E-state index contributed by atoms with van der Waals surface area (Å²) in [7, 11) is -3.90. The third-order valence-corrected chi connectivity index (χ3v) is 9.96. The molecule has 0 saturated heterocycles. The number of alkyl halides is 1. The predicted molar refractivity (Wildman–Crippen MR) is 139 cm³/mol. The molecule has 3 aromatic rings. The van der Waals surface area contributed by atoms with Gasteiger partial charge in [0.25, 0.3) is 5.69 Å². The number of rotatable bonds is 5. The molecule has 1 heterocycles. The number of sulfonamides is 1. The zero-order chi connectivity index (χ0) is 24.9. The highest BCUT2D eigenvalue weighted by molar-refractivity contribution is 8.00. The Balaban J connectivity index is 1.57. The molecule has 1 aliphatic carbocycles. The van der Waals surface area contributed by atoms with Crippen molar-refractivity contribution in [3.05, 3.63) is 93.0 Å². The highest BCUT2D eigenvalue weighted by Crippen LogP contribution is 2.58. The summed E-state index contributed by atoms with van der Waals surface area (Å²) in [4.78, 5) is 11.8. The molecule has 0 spiro atoms. The molecule has 0 radical (unpaired) electrons. The van der Waals surface area contributed by atoms with Crippen LogP contribution in [0.5, 0.6) is 0 Å². The quantitative estimate of drug-likeness (QED) is 0.231. The van der Waals surface area contributed by atoms with Crippen molar-refractivity contribution < 1.29 is 13.3 Å².